The monoisotopic (exact) mass is 346 g/mol. The van der Waals surface area contributed by atoms with Crippen LogP contribution in [0.1, 0.15) is 16.1 Å². The number of halogens is 1. The number of benzene rings is 1. The molecule has 0 bridgehead atoms. The average Bonchev–Trinajstić information content (AvgIpc) is 2.89. The van der Waals surface area contributed by atoms with Crippen molar-refractivity contribution in [1.29, 1.82) is 0 Å². The van der Waals surface area contributed by atoms with Crippen molar-refractivity contribution in [2.45, 2.75) is 6.54 Å². The van der Waals surface area contributed by atoms with Crippen LogP contribution in [0.4, 0.5) is 0 Å². The van der Waals surface area contributed by atoms with Crippen LogP contribution in [-0.4, -0.2) is 21.1 Å². The number of aromatic amines is 2. The molecule has 1 aromatic carbocycles. The van der Waals surface area contributed by atoms with Crippen LogP contribution in [0, 0.1) is 0 Å². The number of hydrogen-bond acceptors (Lipinski definition) is 3. The third-order valence-corrected chi connectivity index (χ3v) is 3.77. The molecule has 0 unspecified atom stereocenters. The van der Waals surface area contributed by atoms with E-state index in [-0.39, 0.29) is 11.5 Å². The molecule has 1 amide bonds. The predicted molar refractivity (Wildman–Crippen MR) is 82.0 cm³/mol. The summed E-state index contributed by atoms with van der Waals surface area (Å²) >= 11 is 3.32. The van der Waals surface area contributed by atoms with Gasteiger partial charge in [0.1, 0.15) is 0 Å². The second kappa shape index (κ2) is 5.53. The summed E-state index contributed by atoms with van der Waals surface area (Å²) in [6.45, 7) is 0.292. The summed E-state index contributed by atoms with van der Waals surface area (Å²) in [5.74, 6) is -0.307. The van der Waals surface area contributed by atoms with Crippen molar-refractivity contribution in [3.8, 4) is 0 Å². The Hall–Kier alpha value is -2.41. The minimum Gasteiger partial charge on any atom is -0.346 e. The Balaban J connectivity index is 1.91. The first-order chi connectivity index (χ1) is 10.1. The molecule has 0 aliphatic heterocycles. The van der Waals surface area contributed by atoms with Gasteiger partial charge in [-0.05, 0) is 22.0 Å². The van der Waals surface area contributed by atoms with Crippen molar-refractivity contribution in [3.63, 3.8) is 0 Å². The van der Waals surface area contributed by atoms with Gasteiger partial charge in [0.05, 0.1) is 28.5 Å². The fourth-order valence-corrected chi connectivity index (χ4v) is 2.41. The van der Waals surface area contributed by atoms with E-state index in [1.165, 1.54) is 6.07 Å². The largest absolute Gasteiger partial charge is 0.346 e. The lowest BCUT2D eigenvalue weighted by Crippen LogP contribution is -2.25. The summed E-state index contributed by atoms with van der Waals surface area (Å²) in [7, 11) is 0. The number of aromatic nitrogens is 3. The fraction of sp³-hybridized carbons (Fsp3) is 0.0714. The number of nitrogens with one attached hydrogen (secondary N) is 3. The molecule has 3 aromatic rings. The first-order valence-corrected chi connectivity index (χ1v) is 7.02. The number of pyridine rings is 1. The number of carbonyl (C=O) groups excluding carboxylic acids is 1. The van der Waals surface area contributed by atoms with Gasteiger partial charge in [0, 0.05) is 17.0 Å². The molecule has 0 saturated heterocycles. The minimum atomic E-state index is -0.307. The molecule has 0 fully saturated rings. The molecule has 0 spiro atoms. The van der Waals surface area contributed by atoms with E-state index in [1.807, 2.05) is 12.1 Å². The van der Waals surface area contributed by atoms with Gasteiger partial charge in [-0.2, -0.15) is 5.10 Å². The molecule has 2 heterocycles. The second-order valence-corrected chi connectivity index (χ2v) is 5.33. The van der Waals surface area contributed by atoms with Gasteiger partial charge in [-0.3, -0.25) is 14.7 Å². The van der Waals surface area contributed by atoms with Gasteiger partial charge in [0.25, 0.3) is 5.91 Å². The Morgan fingerprint density at radius 3 is 2.90 bits per heavy atom. The van der Waals surface area contributed by atoms with Crippen molar-refractivity contribution in [2.75, 3.05) is 0 Å². The van der Waals surface area contributed by atoms with E-state index in [2.05, 4.69) is 36.4 Å². The van der Waals surface area contributed by atoms with Crippen LogP contribution in [0.3, 0.4) is 0 Å². The molecule has 3 rings (SSSR count). The van der Waals surface area contributed by atoms with Crippen LogP contribution in [-0.2, 0) is 6.54 Å². The van der Waals surface area contributed by atoms with Crippen LogP contribution in [0.5, 0.6) is 0 Å². The summed E-state index contributed by atoms with van der Waals surface area (Å²) in [5.41, 5.74) is 1.45. The molecule has 0 saturated carbocycles. The van der Waals surface area contributed by atoms with Crippen molar-refractivity contribution < 1.29 is 4.79 Å². The van der Waals surface area contributed by atoms with Crippen LogP contribution >= 0.6 is 15.9 Å². The number of nitrogens with zero attached hydrogens (tertiary/aromatic N) is 1. The van der Waals surface area contributed by atoms with E-state index in [0.717, 1.165) is 10.2 Å². The molecule has 2 aromatic heterocycles. The summed E-state index contributed by atoms with van der Waals surface area (Å²) in [6.07, 6.45) is 1.62. The van der Waals surface area contributed by atoms with Gasteiger partial charge >= 0.3 is 0 Å². The highest BCUT2D eigenvalue weighted by Gasteiger charge is 2.12. The van der Waals surface area contributed by atoms with Gasteiger partial charge in [-0.25, -0.2) is 0 Å². The molecular weight excluding hydrogens is 336 g/mol. The van der Waals surface area contributed by atoms with Gasteiger partial charge in [-0.15, -0.1) is 0 Å². The highest BCUT2D eigenvalue weighted by Crippen LogP contribution is 2.15. The molecule has 106 valence electrons. The lowest BCUT2D eigenvalue weighted by molar-refractivity contribution is 0.0952. The Bertz CT molecular complexity index is 869. The zero-order valence-corrected chi connectivity index (χ0v) is 12.4. The number of para-hydroxylation sites is 1. The Morgan fingerprint density at radius 1 is 1.33 bits per heavy atom. The number of carbonyl (C=O) groups is 1. The Morgan fingerprint density at radius 2 is 2.14 bits per heavy atom. The topological polar surface area (TPSA) is 90.6 Å². The zero-order valence-electron chi connectivity index (χ0n) is 10.8. The van der Waals surface area contributed by atoms with Crippen LogP contribution < -0.4 is 10.9 Å². The lowest BCUT2D eigenvalue weighted by atomic mass is 10.1. The molecule has 21 heavy (non-hydrogen) atoms. The Kier molecular flexibility index (Phi) is 3.57. The smallest absolute Gasteiger partial charge is 0.252 e. The summed E-state index contributed by atoms with van der Waals surface area (Å²) in [6, 6.07) is 8.50. The van der Waals surface area contributed by atoms with E-state index in [4.69, 9.17) is 0 Å². The summed E-state index contributed by atoms with van der Waals surface area (Å²) in [5, 5.41) is 10.1. The van der Waals surface area contributed by atoms with E-state index >= 15 is 0 Å². The predicted octanol–water partition coefficient (Wildman–Crippen LogP) is 1.94. The fourth-order valence-electron chi connectivity index (χ4n) is 2.08. The van der Waals surface area contributed by atoms with E-state index in [9.17, 15) is 9.59 Å². The van der Waals surface area contributed by atoms with E-state index < -0.39 is 0 Å². The molecule has 0 radical (unpaired) electrons. The van der Waals surface area contributed by atoms with Crippen molar-refractivity contribution in [1.82, 2.24) is 20.5 Å². The third kappa shape index (κ3) is 2.73. The highest BCUT2D eigenvalue weighted by molar-refractivity contribution is 9.10. The Labute approximate surface area is 127 Å². The second-order valence-electron chi connectivity index (χ2n) is 4.47. The number of hydrogen-bond donors (Lipinski definition) is 3. The van der Waals surface area contributed by atoms with Crippen LogP contribution in [0.25, 0.3) is 10.9 Å². The number of H-pyrrole nitrogens is 2. The zero-order chi connectivity index (χ0) is 14.8. The van der Waals surface area contributed by atoms with E-state index in [0.29, 0.717) is 23.0 Å². The highest BCUT2D eigenvalue weighted by atomic mass is 79.9. The molecule has 3 N–H and O–H groups in total. The molecule has 7 heteroatoms. The van der Waals surface area contributed by atoms with Gasteiger partial charge in [0.2, 0.25) is 5.56 Å². The van der Waals surface area contributed by atoms with Crippen molar-refractivity contribution >= 4 is 32.7 Å². The number of fused-ring (bicyclic) bond motifs is 1. The normalized spacial score (nSPS) is 10.7. The SMILES string of the molecule is O=C(NCc1[nH]ncc1Br)c1cc(=O)[nH]c2ccccc12. The number of amides is 1. The first kappa shape index (κ1) is 13.6. The number of rotatable bonds is 3. The maximum atomic E-state index is 12.3. The van der Waals surface area contributed by atoms with E-state index in [1.54, 1.807) is 18.3 Å². The standard InChI is InChI=1S/C14H11BrN4O2/c15-10-6-17-19-12(10)7-16-14(21)9-5-13(20)18-11-4-2-1-3-8(9)11/h1-6H,7H2,(H,16,21)(H,17,19)(H,18,20). The minimum absolute atomic E-state index is 0.292. The molecule has 0 atom stereocenters. The lowest BCUT2D eigenvalue weighted by Gasteiger charge is -2.07. The average molecular weight is 347 g/mol. The molecule has 6 nitrogen and oxygen atoms in total. The van der Waals surface area contributed by atoms with Gasteiger partial charge in [0.15, 0.2) is 0 Å². The first-order valence-electron chi connectivity index (χ1n) is 6.23. The van der Waals surface area contributed by atoms with Crippen molar-refractivity contribution in [3.05, 3.63) is 62.6 Å². The van der Waals surface area contributed by atoms with Crippen molar-refractivity contribution in [2.24, 2.45) is 0 Å². The third-order valence-electron chi connectivity index (χ3n) is 3.09. The van der Waals surface area contributed by atoms with Gasteiger partial charge in [-0.1, -0.05) is 18.2 Å². The molecular formula is C14H11BrN4O2. The maximum absolute atomic E-state index is 12.3. The molecule has 0 aliphatic carbocycles. The maximum Gasteiger partial charge on any atom is 0.252 e. The van der Waals surface area contributed by atoms with Crippen LogP contribution in [0.15, 0.2) is 45.8 Å². The summed E-state index contributed by atoms with van der Waals surface area (Å²) in [4.78, 5) is 26.6. The quantitative estimate of drug-likeness (QED) is 0.676. The van der Waals surface area contributed by atoms with Gasteiger partial charge < -0.3 is 10.3 Å². The van der Waals surface area contributed by atoms with Crippen LogP contribution in [0.2, 0.25) is 0 Å². The summed E-state index contributed by atoms with van der Waals surface area (Å²) < 4.78 is 0.790. The molecule has 0 aliphatic rings.